The molecular formula is C8H17NO4. The van der Waals surface area contributed by atoms with Crippen molar-refractivity contribution in [1.29, 1.82) is 0 Å². The number of carboxylic acids is 1. The lowest BCUT2D eigenvalue weighted by atomic mass is 10.1. The number of aliphatic hydroxyl groups excluding tert-OH is 1. The van der Waals surface area contributed by atoms with E-state index < -0.39 is 12.0 Å². The van der Waals surface area contributed by atoms with E-state index >= 15 is 0 Å². The van der Waals surface area contributed by atoms with Crippen LogP contribution in [0, 0.1) is 0 Å². The Balaban J connectivity index is 3.48. The molecular weight excluding hydrogens is 174 g/mol. The largest absolute Gasteiger partial charge is 0.480 e. The highest BCUT2D eigenvalue weighted by Crippen LogP contribution is 2.05. The zero-order valence-electron chi connectivity index (χ0n) is 7.77. The molecule has 5 nitrogen and oxygen atoms in total. The van der Waals surface area contributed by atoms with Crippen LogP contribution in [0.4, 0.5) is 0 Å². The van der Waals surface area contributed by atoms with E-state index in [2.05, 4.69) is 0 Å². The van der Waals surface area contributed by atoms with E-state index in [0.717, 1.165) is 0 Å². The van der Waals surface area contributed by atoms with Crippen LogP contribution >= 0.6 is 0 Å². The Morgan fingerprint density at radius 2 is 2.15 bits per heavy atom. The van der Waals surface area contributed by atoms with Gasteiger partial charge in [-0.3, -0.25) is 4.79 Å². The molecule has 0 fully saturated rings. The van der Waals surface area contributed by atoms with Crippen LogP contribution in [0.2, 0.25) is 0 Å². The Morgan fingerprint density at radius 3 is 2.54 bits per heavy atom. The second kappa shape index (κ2) is 6.82. The van der Waals surface area contributed by atoms with Crippen LogP contribution in [0.1, 0.15) is 19.3 Å². The predicted molar refractivity (Wildman–Crippen MR) is 47.3 cm³/mol. The Kier molecular flexibility index (Phi) is 6.48. The van der Waals surface area contributed by atoms with Gasteiger partial charge < -0.3 is 20.7 Å². The lowest BCUT2D eigenvalue weighted by Crippen LogP contribution is -2.30. The minimum absolute atomic E-state index is 0.0428. The second-order valence-electron chi connectivity index (χ2n) is 2.92. The number of hydrogen-bond acceptors (Lipinski definition) is 4. The van der Waals surface area contributed by atoms with Crippen molar-refractivity contribution in [1.82, 2.24) is 0 Å². The summed E-state index contributed by atoms with van der Waals surface area (Å²) in [6, 6.07) is -0.809. The number of methoxy groups -OCH3 is 1. The number of rotatable bonds is 7. The maximum absolute atomic E-state index is 10.3. The SMILES string of the molecule is COC(CO)CCC[C@@H](N)C(=O)O. The predicted octanol–water partition coefficient (Wildman–Crippen LogP) is -0.424. The molecule has 5 heteroatoms. The van der Waals surface area contributed by atoms with Crippen LogP contribution in [0.15, 0.2) is 0 Å². The van der Waals surface area contributed by atoms with Gasteiger partial charge in [0.15, 0.2) is 0 Å². The Morgan fingerprint density at radius 1 is 1.54 bits per heavy atom. The van der Waals surface area contributed by atoms with Crippen molar-refractivity contribution in [3.05, 3.63) is 0 Å². The van der Waals surface area contributed by atoms with Gasteiger partial charge in [-0.15, -0.1) is 0 Å². The topological polar surface area (TPSA) is 92.8 Å². The summed E-state index contributed by atoms with van der Waals surface area (Å²) in [7, 11) is 1.51. The quantitative estimate of drug-likeness (QED) is 0.508. The van der Waals surface area contributed by atoms with Gasteiger partial charge in [-0.2, -0.15) is 0 Å². The van der Waals surface area contributed by atoms with E-state index in [0.29, 0.717) is 19.3 Å². The van der Waals surface area contributed by atoms with Gasteiger partial charge in [0.05, 0.1) is 12.7 Å². The van der Waals surface area contributed by atoms with E-state index in [1.165, 1.54) is 7.11 Å². The molecule has 0 rings (SSSR count). The molecule has 4 N–H and O–H groups in total. The summed E-state index contributed by atoms with van der Waals surface area (Å²) >= 11 is 0. The summed E-state index contributed by atoms with van der Waals surface area (Å²) in [6.45, 7) is -0.0428. The number of ether oxygens (including phenoxy) is 1. The fraction of sp³-hybridized carbons (Fsp3) is 0.875. The first-order chi connectivity index (χ1) is 6.11. The van der Waals surface area contributed by atoms with Crippen LogP contribution in [-0.4, -0.2) is 42.0 Å². The molecule has 0 aromatic carbocycles. The molecule has 0 aromatic rings. The van der Waals surface area contributed by atoms with E-state index in [-0.39, 0.29) is 12.7 Å². The monoisotopic (exact) mass is 191 g/mol. The highest BCUT2D eigenvalue weighted by Gasteiger charge is 2.12. The van der Waals surface area contributed by atoms with Gasteiger partial charge in [0.1, 0.15) is 6.04 Å². The zero-order chi connectivity index (χ0) is 10.3. The third-order valence-electron chi connectivity index (χ3n) is 1.90. The molecule has 0 heterocycles. The first-order valence-electron chi connectivity index (χ1n) is 4.23. The molecule has 0 amide bonds. The number of carboxylic acid groups (broad SMARTS) is 1. The molecule has 13 heavy (non-hydrogen) atoms. The zero-order valence-corrected chi connectivity index (χ0v) is 7.77. The normalized spacial score (nSPS) is 15.3. The van der Waals surface area contributed by atoms with Crippen molar-refractivity contribution < 1.29 is 19.7 Å². The molecule has 0 aromatic heterocycles. The average Bonchev–Trinajstić information content (AvgIpc) is 2.12. The molecule has 0 saturated carbocycles. The third-order valence-corrected chi connectivity index (χ3v) is 1.90. The van der Waals surface area contributed by atoms with Crippen LogP contribution < -0.4 is 5.73 Å². The molecule has 0 aliphatic rings. The van der Waals surface area contributed by atoms with Gasteiger partial charge in [-0.25, -0.2) is 0 Å². The molecule has 0 spiro atoms. The number of aliphatic carboxylic acids is 1. The van der Waals surface area contributed by atoms with Gasteiger partial charge in [0.25, 0.3) is 0 Å². The highest BCUT2D eigenvalue weighted by molar-refractivity contribution is 5.72. The Bertz CT molecular complexity index is 147. The van der Waals surface area contributed by atoms with E-state index in [9.17, 15) is 4.79 Å². The number of carbonyl (C=O) groups is 1. The van der Waals surface area contributed by atoms with Crippen LogP contribution in [-0.2, 0) is 9.53 Å². The van der Waals surface area contributed by atoms with Gasteiger partial charge >= 0.3 is 5.97 Å². The maximum atomic E-state index is 10.3. The molecule has 1 unspecified atom stereocenters. The summed E-state index contributed by atoms with van der Waals surface area (Å²) in [5, 5.41) is 17.2. The summed E-state index contributed by atoms with van der Waals surface area (Å²) < 4.78 is 4.90. The minimum Gasteiger partial charge on any atom is -0.480 e. The molecule has 0 saturated heterocycles. The number of hydrogen-bond donors (Lipinski definition) is 3. The summed E-state index contributed by atoms with van der Waals surface area (Å²) in [4.78, 5) is 10.3. The molecule has 0 aliphatic carbocycles. The first-order valence-corrected chi connectivity index (χ1v) is 4.23. The molecule has 78 valence electrons. The average molecular weight is 191 g/mol. The van der Waals surface area contributed by atoms with Crippen molar-refractivity contribution in [3.8, 4) is 0 Å². The Labute approximate surface area is 77.5 Å². The van der Waals surface area contributed by atoms with Crippen molar-refractivity contribution in [2.75, 3.05) is 13.7 Å². The standard InChI is InChI=1S/C8H17NO4/c1-13-6(5-10)3-2-4-7(9)8(11)12/h6-7,10H,2-5,9H2,1H3,(H,11,12)/t6?,7-/m1/s1. The van der Waals surface area contributed by atoms with Crippen molar-refractivity contribution in [2.45, 2.75) is 31.4 Å². The summed E-state index contributed by atoms with van der Waals surface area (Å²) in [5.41, 5.74) is 5.28. The third kappa shape index (κ3) is 5.57. The van der Waals surface area contributed by atoms with Gasteiger partial charge in [-0.05, 0) is 19.3 Å². The van der Waals surface area contributed by atoms with E-state index in [4.69, 9.17) is 20.7 Å². The lowest BCUT2D eigenvalue weighted by Gasteiger charge is -2.12. The van der Waals surface area contributed by atoms with Crippen molar-refractivity contribution in [3.63, 3.8) is 0 Å². The first kappa shape index (κ1) is 12.3. The summed E-state index contributed by atoms with van der Waals surface area (Å²) in [5.74, 6) is -0.988. The maximum Gasteiger partial charge on any atom is 0.320 e. The smallest absolute Gasteiger partial charge is 0.320 e. The lowest BCUT2D eigenvalue weighted by molar-refractivity contribution is -0.138. The second-order valence-corrected chi connectivity index (χ2v) is 2.92. The molecule has 0 radical (unpaired) electrons. The Hall–Kier alpha value is -0.650. The fourth-order valence-electron chi connectivity index (χ4n) is 0.973. The van der Waals surface area contributed by atoms with Crippen molar-refractivity contribution in [2.24, 2.45) is 5.73 Å². The van der Waals surface area contributed by atoms with Gasteiger partial charge in [-0.1, -0.05) is 0 Å². The van der Waals surface area contributed by atoms with Crippen LogP contribution in [0.3, 0.4) is 0 Å². The molecule has 2 atom stereocenters. The molecule has 0 aliphatic heterocycles. The number of nitrogens with two attached hydrogens (primary N) is 1. The minimum atomic E-state index is -0.988. The van der Waals surface area contributed by atoms with Gasteiger partial charge in [0, 0.05) is 7.11 Å². The molecule has 0 bridgehead atoms. The van der Waals surface area contributed by atoms with E-state index in [1.54, 1.807) is 0 Å². The summed E-state index contributed by atoms with van der Waals surface area (Å²) in [6.07, 6.45) is 1.48. The van der Waals surface area contributed by atoms with Crippen LogP contribution in [0.25, 0.3) is 0 Å². The van der Waals surface area contributed by atoms with Crippen molar-refractivity contribution >= 4 is 5.97 Å². The van der Waals surface area contributed by atoms with Gasteiger partial charge in [0.2, 0.25) is 0 Å². The number of aliphatic hydroxyl groups is 1. The fourth-order valence-corrected chi connectivity index (χ4v) is 0.973. The van der Waals surface area contributed by atoms with E-state index in [1.807, 2.05) is 0 Å². The van der Waals surface area contributed by atoms with Crippen LogP contribution in [0.5, 0.6) is 0 Å². The highest BCUT2D eigenvalue weighted by atomic mass is 16.5.